The fourth-order valence-corrected chi connectivity index (χ4v) is 3.03. The number of ether oxygens (including phenoxy) is 2. The maximum atomic E-state index is 14.6. The van der Waals surface area contributed by atoms with Crippen molar-refractivity contribution in [3.63, 3.8) is 0 Å². The first kappa shape index (κ1) is 23.3. The zero-order valence-corrected chi connectivity index (χ0v) is 16.0. The molecule has 1 atom stereocenters. The van der Waals surface area contributed by atoms with E-state index in [0.717, 1.165) is 6.92 Å². The quantitative estimate of drug-likeness (QED) is 0.287. The number of halogens is 8. The summed E-state index contributed by atoms with van der Waals surface area (Å²) in [5.74, 6) is -18.1. The molecule has 0 unspecified atom stereocenters. The zero-order chi connectivity index (χ0) is 24.1. The average molecular weight is 469 g/mol. The monoisotopic (exact) mass is 469 g/mol. The maximum absolute atomic E-state index is 14.6. The fourth-order valence-electron chi connectivity index (χ4n) is 3.03. The van der Waals surface area contributed by atoms with E-state index in [2.05, 4.69) is 9.47 Å². The Morgan fingerprint density at radius 3 is 2.09 bits per heavy atom. The van der Waals surface area contributed by atoms with Crippen LogP contribution in [-0.4, -0.2) is 30.6 Å². The second-order valence-corrected chi connectivity index (χ2v) is 6.47. The first-order valence-corrected chi connectivity index (χ1v) is 8.75. The Kier molecular flexibility index (Phi) is 5.78. The summed E-state index contributed by atoms with van der Waals surface area (Å²) in [7, 11) is 0. The molecule has 1 amide bonds. The molecule has 2 aromatic carbocycles. The summed E-state index contributed by atoms with van der Waals surface area (Å²) in [5, 5.41) is 0. The molecule has 0 saturated carbocycles. The number of carbonyl (C=O) groups is 2. The Hall–Kier alpha value is -3.38. The van der Waals surface area contributed by atoms with Crippen molar-refractivity contribution < 1.29 is 54.2 Å². The lowest BCUT2D eigenvalue weighted by atomic mass is 10.00. The number of carbonyl (C=O) groups excluding carboxylic acids is 2. The molecule has 1 aliphatic rings. The molecule has 0 aliphatic carbocycles. The van der Waals surface area contributed by atoms with Crippen LogP contribution in [0, 0.1) is 34.9 Å². The van der Waals surface area contributed by atoms with Gasteiger partial charge in [0, 0.05) is 11.6 Å². The highest BCUT2D eigenvalue weighted by Crippen LogP contribution is 2.45. The Morgan fingerprint density at radius 2 is 1.56 bits per heavy atom. The maximum Gasteiger partial charge on any atom is 0.483 e. The highest BCUT2D eigenvalue weighted by Gasteiger charge is 2.53. The summed E-state index contributed by atoms with van der Waals surface area (Å²) in [6.45, 7) is 2.14. The van der Waals surface area contributed by atoms with Crippen molar-refractivity contribution >= 4 is 17.6 Å². The number of nitrogens with zero attached hydrogens (tertiary/aromatic N) is 1. The van der Waals surface area contributed by atoms with Crippen molar-refractivity contribution in [1.29, 1.82) is 0 Å². The fraction of sp³-hybridized carbons (Fsp3) is 0.263. The molecular formula is C19H11F8NO4. The van der Waals surface area contributed by atoms with Gasteiger partial charge < -0.3 is 9.47 Å². The van der Waals surface area contributed by atoms with E-state index in [-0.39, 0.29) is 17.6 Å². The van der Waals surface area contributed by atoms with Crippen LogP contribution < -0.4 is 9.64 Å². The van der Waals surface area contributed by atoms with E-state index >= 15 is 0 Å². The van der Waals surface area contributed by atoms with Gasteiger partial charge in [0.2, 0.25) is 5.82 Å². The second kappa shape index (κ2) is 7.95. The molecule has 0 fully saturated rings. The normalized spacial score (nSPS) is 15.8. The average Bonchev–Trinajstić information content (AvgIpc) is 2.72. The van der Waals surface area contributed by atoms with Gasteiger partial charge >= 0.3 is 18.0 Å². The van der Waals surface area contributed by atoms with E-state index in [1.807, 2.05) is 0 Å². The summed E-state index contributed by atoms with van der Waals surface area (Å²) in [5.41, 5.74) is -3.77. The molecule has 0 aromatic heterocycles. The Bertz CT molecular complexity index is 1110. The van der Waals surface area contributed by atoms with Crippen LogP contribution in [0.2, 0.25) is 0 Å². The van der Waals surface area contributed by atoms with Crippen molar-refractivity contribution in [1.82, 2.24) is 0 Å². The Balaban J connectivity index is 2.30. The van der Waals surface area contributed by atoms with Gasteiger partial charge in [-0.2, -0.15) is 8.78 Å². The van der Waals surface area contributed by atoms with Crippen LogP contribution in [0.5, 0.6) is 5.75 Å². The number of alkyl halides is 2. The summed E-state index contributed by atoms with van der Waals surface area (Å²) in [6, 6.07) is -1.25. The molecule has 5 nitrogen and oxygen atoms in total. The predicted molar refractivity (Wildman–Crippen MR) is 90.8 cm³/mol. The minimum Gasteiger partial charge on any atom is -0.464 e. The van der Waals surface area contributed by atoms with Gasteiger partial charge in [-0.15, -0.1) is 0 Å². The van der Waals surface area contributed by atoms with Gasteiger partial charge in [0.15, 0.2) is 29.0 Å². The summed E-state index contributed by atoms with van der Waals surface area (Å²) >= 11 is 0. The van der Waals surface area contributed by atoms with E-state index in [1.165, 1.54) is 6.92 Å². The smallest absolute Gasteiger partial charge is 0.464 e. The number of fused-ring (bicyclic) bond motifs is 1. The number of rotatable bonds is 4. The molecule has 0 radical (unpaired) electrons. The molecule has 32 heavy (non-hydrogen) atoms. The van der Waals surface area contributed by atoms with Gasteiger partial charge in [-0.1, -0.05) is 0 Å². The van der Waals surface area contributed by atoms with Gasteiger partial charge in [0.05, 0.1) is 17.9 Å². The number of hydrogen-bond acceptors (Lipinski definition) is 4. The van der Waals surface area contributed by atoms with Gasteiger partial charge in [-0.3, -0.25) is 9.69 Å². The molecule has 172 valence electrons. The van der Waals surface area contributed by atoms with Crippen LogP contribution in [0.15, 0.2) is 12.1 Å². The molecule has 3 rings (SSSR count). The number of hydrogen-bond donors (Lipinski definition) is 0. The molecule has 0 saturated heterocycles. The molecule has 0 bridgehead atoms. The third kappa shape index (κ3) is 3.50. The first-order valence-electron chi connectivity index (χ1n) is 8.75. The van der Waals surface area contributed by atoms with Crippen LogP contribution in [0.1, 0.15) is 13.8 Å². The molecule has 1 heterocycles. The summed E-state index contributed by atoms with van der Waals surface area (Å²) in [4.78, 5) is 24.4. The first-order chi connectivity index (χ1) is 14.8. The van der Waals surface area contributed by atoms with E-state index in [4.69, 9.17) is 0 Å². The van der Waals surface area contributed by atoms with Gasteiger partial charge in [0.1, 0.15) is 11.9 Å². The van der Waals surface area contributed by atoms with Crippen molar-refractivity contribution in [2.45, 2.75) is 26.0 Å². The predicted octanol–water partition coefficient (Wildman–Crippen LogP) is 4.46. The largest absolute Gasteiger partial charge is 0.483 e. The Morgan fingerprint density at radius 1 is 1.03 bits per heavy atom. The van der Waals surface area contributed by atoms with E-state index in [0.29, 0.717) is 6.07 Å². The molecular weight excluding hydrogens is 458 g/mol. The van der Waals surface area contributed by atoms with Crippen molar-refractivity contribution in [3.8, 4) is 16.9 Å². The topological polar surface area (TPSA) is 55.8 Å². The molecule has 13 heteroatoms. The van der Waals surface area contributed by atoms with Crippen LogP contribution >= 0.6 is 0 Å². The molecule has 1 aliphatic heterocycles. The third-order valence-corrected chi connectivity index (χ3v) is 4.51. The minimum absolute atomic E-state index is 0.117. The molecule has 0 spiro atoms. The standard InChI is InChI=1S/C19H11F8NO4/c1-3-31-17(29)6(2)28-9-4-7(8(20)5-10(9)32-19(26,27)18(28)30)11-12(21)14(23)16(25)15(24)13(11)22/h4-6H,3H2,1-2H3/t6-/m1/s1. The van der Waals surface area contributed by atoms with E-state index in [9.17, 15) is 44.7 Å². The number of esters is 1. The van der Waals surface area contributed by atoms with Crippen molar-refractivity contribution in [3.05, 3.63) is 47.0 Å². The van der Waals surface area contributed by atoms with Crippen molar-refractivity contribution in [2.24, 2.45) is 0 Å². The lowest BCUT2D eigenvalue weighted by Crippen LogP contribution is -2.56. The third-order valence-electron chi connectivity index (χ3n) is 4.51. The van der Waals surface area contributed by atoms with E-state index < -0.39 is 81.5 Å². The van der Waals surface area contributed by atoms with Crippen molar-refractivity contribution in [2.75, 3.05) is 11.5 Å². The van der Waals surface area contributed by atoms with Gasteiger partial charge in [0.25, 0.3) is 0 Å². The number of benzene rings is 2. The summed E-state index contributed by atoms with van der Waals surface area (Å²) in [6.07, 6.45) is -4.56. The highest BCUT2D eigenvalue weighted by molar-refractivity contribution is 6.05. The van der Waals surface area contributed by atoms with Crippen LogP contribution in [0.3, 0.4) is 0 Å². The SMILES string of the molecule is CCOC(=O)[C@@H](C)N1C(=O)C(F)(F)Oc2cc(F)c(-c3c(F)c(F)c(F)c(F)c3F)cc21. The second-order valence-electron chi connectivity index (χ2n) is 6.47. The lowest BCUT2D eigenvalue weighted by Gasteiger charge is -2.36. The van der Waals surface area contributed by atoms with Gasteiger partial charge in [-0.25, -0.2) is 31.1 Å². The van der Waals surface area contributed by atoms with Crippen LogP contribution in [0.25, 0.3) is 11.1 Å². The molecule has 0 N–H and O–H groups in total. The molecule has 2 aromatic rings. The van der Waals surface area contributed by atoms with Gasteiger partial charge in [-0.05, 0) is 19.9 Å². The van der Waals surface area contributed by atoms with E-state index in [1.54, 1.807) is 0 Å². The Labute approximate surface area is 174 Å². The zero-order valence-electron chi connectivity index (χ0n) is 16.0. The number of amides is 1. The number of anilines is 1. The van der Waals surface area contributed by atoms with Crippen LogP contribution in [-0.2, 0) is 14.3 Å². The van der Waals surface area contributed by atoms with Crippen LogP contribution in [0.4, 0.5) is 40.8 Å². The lowest BCUT2D eigenvalue weighted by molar-refractivity contribution is -0.193. The highest BCUT2D eigenvalue weighted by atomic mass is 19.3. The summed E-state index contributed by atoms with van der Waals surface area (Å²) < 4.78 is 120. The minimum atomic E-state index is -4.56.